The standard InChI is InChI=1S/C12H15N3/c1-2-6-10(7-3-1)15-12-9-5-4-8-11(12)13-14-15/h1-3,6-7,11-12H,4-5,8-9H2. The number of anilines is 1. The van der Waals surface area contributed by atoms with E-state index in [-0.39, 0.29) is 0 Å². The van der Waals surface area contributed by atoms with Gasteiger partial charge >= 0.3 is 0 Å². The lowest BCUT2D eigenvalue weighted by atomic mass is 9.91. The van der Waals surface area contributed by atoms with Crippen molar-refractivity contribution in [2.75, 3.05) is 5.01 Å². The number of hydrogen-bond acceptors (Lipinski definition) is 3. The summed E-state index contributed by atoms with van der Waals surface area (Å²) >= 11 is 0. The van der Waals surface area contributed by atoms with Gasteiger partial charge in [-0.05, 0) is 25.0 Å². The van der Waals surface area contributed by atoms with Crippen LogP contribution in [0, 0.1) is 0 Å². The van der Waals surface area contributed by atoms with Gasteiger partial charge in [0.1, 0.15) is 0 Å². The Hall–Kier alpha value is -1.38. The topological polar surface area (TPSA) is 28.0 Å². The Balaban J connectivity index is 1.86. The zero-order chi connectivity index (χ0) is 10.1. The molecule has 0 amide bonds. The number of fused-ring (bicyclic) bond motifs is 1. The molecule has 1 fully saturated rings. The molecule has 2 aliphatic rings. The second kappa shape index (κ2) is 3.65. The molecule has 0 bridgehead atoms. The fourth-order valence-electron chi connectivity index (χ4n) is 2.52. The monoisotopic (exact) mass is 201 g/mol. The lowest BCUT2D eigenvalue weighted by molar-refractivity contribution is 0.403. The van der Waals surface area contributed by atoms with Gasteiger partial charge in [-0.3, -0.25) is 0 Å². The van der Waals surface area contributed by atoms with Crippen molar-refractivity contribution in [3.8, 4) is 0 Å². The average molecular weight is 201 g/mol. The van der Waals surface area contributed by atoms with Crippen molar-refractivity contribution in [3.63, 3.8) is 0 Å². The molecule has 2 atom stereocenters. The Bertz CT molecular complexity index is 360. The fraction of sp³-hybridized carbons (Fsp3) is 0.500. The van der Waals surface area contributed by atoms with Crippen LogP contribution < -0.4 is 5.01 Å². The van der Waals surface area contributed by atoms with E-state index in [9.17, 15) is 0 Å². The largest absolute Gasteiger partial charge is 0.242 e. The summed E-state index contributed by atoms with van der Waals surface area (Å²) in [5, 5.41) is 10.8. The molecule has 1 aromatic carbocycles. The third kappa shape index (κ3) is 1.52. The molecule has 0 saturated heterocycles. The summed E-state index contributed by atoms with van der Waals surface area (Å²) in [4.78, 5) is 0. The molecule has 0 spiro atoms. The normalized spacial score (nSPS) is 29.2. The molecule has 15 heavy (non-hydrogen) atoms. The molecule has 3 rings (SSSR count). The zero-order valence-corrected chi connectivity index (χ0v) is 8.71. The van der Waals surface area contributed by atoms with Crippen molar-refractivity contribution in [1.29, 1.82) is 0 Å². The molecular weight excluding hydrogens is 186 g/mol. The van der Waals surface area contributed by atoms with E-state index in [2.05, 4.69) is 39.6 Å². The average Bonchev–Trinajstić information content (AvgIpc) is 2.74. The third-order valence-corrected chi connectivity index (χ3v) is 3.33. The maximum Gasteiger partial charge on any atom is 0.0954 e. The van der Waals surface area contributed by atoms with Crippen LogP contribution in [-0.2, 0) is 0 Å². The Labute approximate surface area is 89.8 Å². The summed E-state index contributed by atoms with van der Waals surface area (Å²) in [6.45, 7) is 0. The molecule has 0 N–H and O–H groups in total. The highest BCUT2D eigenvalue weighted by molar-refractivity contribution is 5.47. The minimum Gasteiger partial charge on any atom is -0.242 e. The second-order valence-electron chi connectivity index (χ2n) is 4.30. The summed E-state index contributed by atoms with van der Waals surface area (Å²) in [6, 6.07) is 11.3. The maximum atomic E-state index is 4.37. The lowest BCUT2D eigenvalue weighted by Crippen LogP contribution is -2.37. The Kier molecular flexibility index (Phi) is 2.16. The first kappa shape index (κ1) is 8.89. The Morgan fingerprint density at radius 2 is 1.87 bits per heavy atom. The highest BCUT2D eigenvalue weighted by atomic mass is 15.6. The molecular formula is C12H15N3. The third-order valence-electron chi connectivity index (χ3n) is 3.33. The summed E-state index contributed by atoms with van der Waals surface area (Å²) in [6.07, 6.45) is 5.06. The van der Waals surface area contributed by atoms with Crippen LogP contribution >= 0.6 is 0 Å². The summed E-state index contributed by atoms with van der Waals surface area (Å²) < 4.78 is 0. The molecule has 78 valence electrons. The van der Waals surface area contributed by atoms with Crippen LogP contribution in [-0.4, -0.2) is 12.1 Å². The van der Waals surface area contributed by atoms with Crippen LogP contribution in [0.25, 0.3) is 0 Å². The SMILES string of the molecule is c1ccc(N2N=NC3CCCCC32)cc1. The van der Waals surface area contributed by atoms with E-state index in [0.29, 0.717) is 12.1 Å². The number of benzene rings is 1. The minimum absolute atomic E-state index is 0.443. The maximum absolute atomic E-state index is 4.37. The summed E-state index contributed by atoms with van der Waals surface area (Å²) in [5.74, 6) is 0. The van der Waals surface area contributed by atoms with Gasteiger partial charge in [0.05, 0.1) is 17.8 Å². The zero-order valence-electron chi connectivity index (χ0n) is 8.71. The molecule has 3 nitrogen and oxygen atoms in total. The lowest BCUT2D eigenvalue weighted by Gasteiger charge is -2.28. The number of rotatable bonds is 1. The number of para-hydroxylation sites is 1. The van der Waals surface area contributed by atoms with Gasteiger partial charge in [0, 0.05) is 0 Å². The van der Waals surface area contributed by atoms with Gasteiger partial charge in [-0.2, -0.15) is 5.11 Å². The molecule has 1 heterocycles. The Morgan fingerprint density at radius 1 is 1.07 bits per heavy atom. The van der Waals surface area contributed by atoms with Crippen molar-refractivity contribution in [2.24, 2.45) is 10.3 Å². The molecule has 0 aromatic heterocycles. The van der Waals surface area contributed by atoms with Gasteiger partial charge in [0.25, 0.3) is 0 Å². The van der Waals surface area contributed by atoms with Gasteiger partial charge in [-0.15, -0.1) is 0 Å². The van der Waals surface area contributed by atoms with Crippen molar-refractivity contribution in [2.45, 2.75) is 37.8 Å². The highest BCUT2D eigenvalue weighted by Crippen LogP contribution is 2.33. The minimum atomic E-state index is 0.443. The number of nitrogens with zero attached hydrogens (tertiary/aromatic N) is 3. The molecule has 3 heteroatoms. The van der Waals surface area contributed by atoms with Crippen LogP contribution in [0.15, 0.2) is 40.7 Å². The van der Waals surface area contributed by atoms with Gasteiger partial charge in [-0.25, -0.2) is 5.01 Å². The first-order chi connectivity index (χ1) is 7.45. The summed E-state index contributed by atoms with van der Waals surface area (Å²) in [5.41, 5.74) is 1.18. The van der Waals surface area contributed by atoms with E-state index in [0.717, 1.165) is 0 Å². The molecule has 1 aliphatic heterocycles. The first-order valence-electron chi connectivity index (χ1n) is 5.70. The van der Waals surface area contributed by atoms with Crippen molar-refractivity contribution in [1.82, 2.24) is 0 Å². The number of hydrogen-bond donors (Lipinski definition) is 0. The van der Waals surface area contributed by atoms with Gasteiger partial charge < -0.3 is 0 Å². The van der Waals surface area contributed by atoms with Crippen LogP contribution in [0.1, 0.15) is 25.7 Å². The predicted molar refractivity (Wildman–Crippen MR) is 59.8 cm³/mol. The molecule has 0 radical (unpaired) electrons. The van der Waals surface area contributed by atoms with Gasteiger partial charge in [0.15, 0.2) is 0 Å². The van der Waals surface area contributed by atoms with E-state index in [1.165, 1.54) is 31.4 Å². The van der Waals surface area contributed by atoms with E-state index < -0.39 is 0 Å². The van der Waals surface area contributed by atoms with E-state index in [1.807, 2.05) is 6.07 Å². The van der Waals surface area contributed by atoms with Crippen LogP contribution in [0.5, 0.6) is 0 Å². The van der Waals surface area contributed by atoms with E-state index in [1.54, 1.807) is 0 Å². The van der Waals surface area contributed by atoms with Gasteiger partial charge in [0.2, 0.25) is 0 Å². The van der Waals surface area contributed by atoms with Crippen LogP contribution in [0.3, 0.4) is 0 Å². The second-order valence-corrected chi connectivity index (χ2v) is 4.30. The fourth-order valence-corrected chi connectivity index (χ4v) is 2.52. The predicted octanol–water partition coefficient (Wildman–Crippen LogP) is 3.19. The molecule has 1 aromatic rings. The van der Waals surface area contributed by atoms with Crippen molar-refractivity contribution >= 4 is 5.69 Å². The smallest absolute Gasteiger partial charge is 0.0954 e. The van der Waals surface area contributed by atoms with Gasteiger partial charge in [-0.1, -0.05) is 36.3 Å². The molecule has 2 unspecified atom stereocenters. The molecule has 1 aliphatic carbocycles. The highest BCUT2D eigenvalue weighted by Gasteiger charge is 2.35. The first-order valence-corrected chi connectivity index (χ1v) is 5.70. The molecule has 1 saturated carbocycles. The Morgan fingerprint density at radius 3 is 2.73 bits per heavy atom. The quantitative estimate of drug-likeness (QED) is 0.685. The van der Waals surface area contributed by atoms with E-state index in [4.69, 9.17) is 0 Å². The van der Waals surface area contributed by atoms with Crippen molar-refractivity contribution < 1.29 is 0 Å². The van der Waals surface area contributed by atoms with Crippen molar-refractivity contribution in [3.05, 3.63) is 30.3 Å². The van der Waals surface area contributed by atoms with Crippen LogP contribution in [0.2, 0.25) is 0 Å². The van der Waals surface area contributed by atoms with E-state index >= 15 is 0 Å². The summed E-state index contributed by atoms with van der Waals surface area (Å²) in [7, 11) is 0. The van der Waals surface area contributed by atoms with Crippen LogP contribution in [0.4, 0.5) is 5.69 Å².